The zero-order chi connectivity index (χ0) is 17.9. The van der Waals surface area contributed by atoms with Crippen molar-refractivity contribution in [1.82, 2.24) is 0 Å². The van der Waals surface area contributed by atoms with E-state index in [2.05, 4.69) is 0 Å². The van der Waals surface area contributed by atoms with Crippen molar-refractivity contribution in [2.45, 2.75) is 11.9 Å². The summed E-state index contributed by atoms with van der Waals surface area (Å²) in [5, 5.41) is 10.9. The van der Waals surface area contributed by atoms with Gasteiger partial charge in [-0.1, -0.05) is 42.5 Å². The molecule has 6 nitrogen and oxygen atoms in total. The lowest BCUT2D eigenvalue weighted by atomic mass is 10.2. The van der Waals surface area contributed by atoms with Gasteiger partial charge >= 0.3 is 0 Å². The molecule has 0 aliphatic heterocycles. The Morgan fingerprint density at radius 1 is 1.12 bits per heavy atom. The molecule has 0 bridgehead atoms. The largest absolute Gasteiger partial charge is 0.493 e. The number of fused-ring (bicyclic) bond motifs is 1. The average molecular weight is 362 g/mol. The van der Waals surface area contributed by atoms with Crippen LogP contribution in [-0.4, -0.2) is 27.2 Å². The molecule has 2 aromatic carbocycles. The first kappa shape index (κ1) is 17.5. The van der Waals surface area contributed by atoms with Crippen molar-refractivity contribution >= 4 is 21.1 Å². The highest BCUT2D eigenvalue weighted by atomic mass is 32.2. The summed E-state index contributed by atoms with van der Waals surface area (Å²) < 4.78 is 39.8. The number of benzene rings is 2. The lowest BCUT2D eigenvalue weighted by molar-refractivity contribution is 0.0930. The molecule has 0 amide bonds. The Balaban J connectivity index is 1.69. The number of rotatable bonds is 7. The topological polar surface area (TPSA) is 86.0 Å². The highest BCUT2D eigenvalue weighted by Gasteiger charge is 2.20. The smallest absolute Gasteiger partial charge is 0.271 e. The van der Waals surface area contributed by atoms with E-state index >= 15 is 0 Å². The summed E-state index contributed by atoms with van der Waals surface area (Å²) in [6.07, 6.45) is -1.21. The third-order valence-electron chi connectivity index (χ3n) is 3.67. The third kappa shape index (κ3) is 4.19. The fourth-order valence-corrected chi connectivity index (χ4v) is 3.47. The fraction of sp³-hybridized carbons (Fsp3) is 0.222. The van der Waals surface area contributed by atoms with E-state index in [-0.39, 0.29) is 11.5 Å². The minimum absolute atomic E-state index is 0.217. The Kier molecular flexibility index (Phi) is 5.08. The van der Waals surface area contributed by atoms with E-state index in [4.69, 9.17) is 13.3 Å². The number of hydrogen-bond donors (Lipinski definition) is 1. The van der Waals surface area contributed by atoms with Gasteiger partial charge in [0.2, 0.25) is 0 Å². The molecule has 0 aliphatic rings. The van der Waals surface area contributed by atoms with Crippen molar-refractivity contribution in [3.8, 4) is 5.75 Å². The van der Waals surface area contributed by atoms with Gasteiger partial charge in [-0.25, -0.2) is 0 Å². The van der Waals surface area contributed by atoms with E-state index in [9.17, 15) is 13.5 Å². The van der Waals surface area contributed by atoms with E-state index in [0.29, 0.717) is 16.9 Å². The Morgan fingerprint density at radius 2 is 1.88 bits per heavy atom. The third-order valence-corrected chi connectivity index (χ3v) is 4.85. The van der Waals surface area contributed by atoms with E-state index in [1.54, 1.807) is 48.5 Å². The molecular formula is C18H18O6S. The van der Waals surface area contributed by atoms with Crippen LogP contribution in [0.2, 0.25) is 0 Å². The molecule has 3 aromatic rings. The first-order valence-electron chi connectivity index (χ1n) is 7.64. The van der Waals surface area contributed by atoms with Crippen molar-refractivity contribution in [2.75, 3.05) is 13.7 Å². The van der Waals surface area contributed by atoms with Crippen LogP contribution < -0.4 is 4.74 Å². The van der Waals surface area contributed by atoms with E-state index in [0.717, 1.165) is 5.39 Å². The van der Waals surface area contributed by atoms with E-state index in [1.807, 2.05) is 6.07 Å². The quantitative estimate of drug-likeness (QED) is 0.650. The van der Waals surface area contributed by atoms with Gasteiger partial charge < -0.3 is 14.3 Å². The Morgan fingerprint density at radius 3 is 2.60 bits per heavy atom. The summed E-state index contributed by atoms with van der Waals surface area (Å²) in [5.41, 5.74) is 1.11. The van der Waals surface area contributed by atoms with Gasteiger partial charge in [0.05, 0.1) is 13.7 Å². The fourth-order valence-electron chi connectivity index (χ4n) is 2.45. The normalized spacial score (nSPS) is 13.0. The number of aliphatic hydroxyl groups excluding tert-OH is 1. The standard InChI is InChI=1S/C18H18O6S/c1-22-16-9-5-8-14-10-17(24-18(14)16)15(19)11-23-25(20,21)12-13-6-3-2-4-7-13/h2-10,15,19H,11-12H2,1H3/t15-/m0/s1. The predicted molar refractivity (Wildman–Crippen MR) is 92.7 cm³/mol. The molecule has 0 saturated heterocycles. The number of furan rings is 1. The van der Waals surface area contributed by atoms with Gasteiger partial charge in [0.15, 0.2) is 11.3 Å². The van der Waals surface area contributed by atoms with Crippen molar-refractivity contribution in [2.24, 2.45) is 0 Å². The van der Waals surface area contributed by atoms with Crippen LogP contribution in [0.5, 0.6) is 5.75 Å². The number of methoxy groups -OCH3 is 1. The van der Waals surface area contributed by atoms with Crippen molar-refractivity contribution in [3.05, 3.63) is 65.9 Å². The zero-order valence-electron chi connectivity index (χ0n) is 13.6. The lowest BCUT2D eigenvalue weighted by Crippen LogP contribution is -2.14. The SMILES string of the molecule is COc1cccc2cc([C@@H](O)COS(=O)(=O)Cc3ccccc3)oc12. The Hall–Kier alpha value is -2.35. The lowest BCUT2D eigenvalue weighted by Gasteiger charge is -2.09. The second kappa shape index (κ2) is 7.26. The minimum atomic E-state index is -3.81. The van der Waals surface area contributed by atoms with Crippen LogP contribution in [0.1, 0.15) is 17.4 Å². The molecular weight excluding hydrogens is 344 g/mol. The molecule has 0 radical (unpaired) electrons. The van der Waals surface area contributed by atoms with Gasteiger partial charge in [-0.3, -0.25) is 4.18 Å². The predicted octanol–water partition coefficient (Wildman–Crippen LogP) is 3.02. The van der Waals surface area contributed by atoms with Gasteiger partial charge in [0.1, 0.15) is 17.6 Å². The molecule has 25 heavy (non-hydrogen) atoms. The first-order valence-corrected chi connectivity index (χ1v) is 9.22. The molecule has 3 rings (SSSR count). The van der Waals surface area contributed by atoms with Crippen molar-refractivity contribution in [3.63, 3.8) is 0 Å². The van der Waals surface area contributed by atoms with Gasteiger partial charge in [0, 0.05) is 5.39 Å². The summed E-state index contributed by atoms with van der Waals surface area (Å²) in [7, 11) is -2.29. The van der Waals surface area contributed by atoms with Crippen LogP contribution >= 0.6 is 0 Å². The van der Waals surface area contributed by atoms with Gasteiger partial charge in [0.25, 0.3) is 10.1 Å². The zero-order valence-corrected chi connectivity index (χ0v) is 14.4. The van der Waals surface area contributed by atoms with Crippen LogP contribution in [0.15, 0.2) is 59.0 Å². The molecule has 0 fully saturated rings. The molecule has 0 aliphatic carbocycles. The number of ether oxygens (including phenoxy) is 1. The van der Waals surface area contributed by atoms with Gasteiger partial charge in [-0.15, -0.1) is 0 Å². The molecule has 1 aromatic heterocycles. The molecule has 1 heterocycles. The molecule has 0 unspecified atom stereocenters. The molecule has 1 atom stereocenters. The van der Waals surface area contributed by atoms with Crippen LogP contribution in [0.4, 0.5) is 0 Å². The molecule has 1 N–H and O–H groups in total. The molecule has 0 spiro atoms. The summed E-state index contributed by atoms with van der Waals surface area (Å²) >= 11 is 0. The van der Waals surface area contributed by atoms with Crippen LogP contribution in [0, 0.1) is 0 Å². The Labute approximate surface area is 145 Å². The average Bonchev–Trinajstić information content (AvgIpc) is 3.04. The summed E-state index contributed by atoms with van der Waals surface area (Å²) in [6.45, 7) is -0.419. The van der Waals surface area contributed by atoms with Crippen molar-refractivity contribution < 1.29 is 26.9 Å². The van der Waals surface area contributed by atoms with Gasteiger partial charge in [-0.2, -0.15) is 8.42 Å². The summed E-state index contributed by atoms with van der Waals surface area (Å²) in [4.78, 5) is 0. The second-order valence-corrected chi connectivity index (χ2v) is 7.16. The van der Waals surface area contributed by atoms with Crippen molar-refractivity contribution in [1.29, 1.82) is 0 Å². The Bertz CT molecular complexity index is 946. The molecule has 132 valence electrons. The van der Waals surface area contributed by atoms with Crippen LogP contribution in [0.25, 0.3) is 11.0 Å². The van der Waals surface area contributed by atoms with Crippen LogP contribution in [-0.2, 0) is 20.1 Å². The monoisotopic (exact) mass is 362 g/mol. The van der Waals surface area contributed by atoms with Crippen LogP contribution in [0.3, 0.4) is 0 Å². The summed E-state index contributed by atoms with van der Waals surface area (Å²) in [5.74, 6) is 0.497. The van der Waals surface area contributed by atoms with E-state index < -0.39 is 22.8 Å². The molecule has 0 saturated carbocycles. The minimum Gasteiger partial charge on any atom is -0.493 e. The number of aliphatic hydroxyl groups is 1. The number of para-hydroxylation sites is 1. The second-order valence-electron chi connectivity index (χ2n) is 5.52. The maximum atomic E-state index is 12.0. The highest BCUT2D eigenvalue weighted by Crippen LogP contribution is 2.31. The maximum Gasteiger partial charge on any atom is 0.271 e. The van der Waals surface area contributed by atoms with Gasteiger partial charge in [-0.05, 0) is 17.7 Å². The molecule has 7 heteroatoms. The summed E-state index contributed by atoms with van der Waals surface area (Å²) in [6, 6.07) is 15.7. The van der Waals surface area contributed by atoms with E-state index in [1.165, 1.54) is 7.11 Å². The highest BCUT2D eigenvalue weighted by molar-refractivity contribution is 7.85. The first-order chi connectivity index (χ1) is 12.0. The number of hydrogen-bond acceptors (Lipinski definition) is 6. The maximum absolute atomic E-state index is 12.0.